The number of benzene rings is 3. The number of aromatic amines is 1. The standard InChI is InChI=1S/C49H57BF3N8O4/c1-6-32(31(2)41(60-50-53)28-38-22-25-40(57-38)33-13-23-39(65-5)24-14-33)15-26-44(64)54-27-9-7-8-10-43(63)55-29-42(62)46-49(3,4)48-59-45(34-11-16-35(51)17-12-34)47(61(48)30-56-46)58-37-20-18-36(52)19-21-37/h11-14,16-25,28,46,56-58,60H,6-10,15,26-27,29-30H2,1-5H3,(H,54,64)(H,55,63)/b32-31+,41-28-. The molecule has 0 aliphatic carbocycles. The molecule has 0 bridgehead atoms. The molecule has 0 fully saturated rings. The van der Waals surface area contributed by atoms with Gasteiger partial charge in [-0.05, 0) is 135 Å². The highest BCUT2D eigenvalue weighted by Gasteiger charge is 2.44. The van der Waals surface area contributed by atoms with Gasteiger partial charge in [-0.2, -0.15) is 0 Å². The monoisotopic (exact) mass is 889 g/mol. The van der Waals surface area contributed by atoms with Gasteiger partial charge in [0, 0.05) is 53.1 Å². The second-order valence-corrected chi connectivity index (χ2v) is 16.6. The molecule has 3 heterocycles. The van der Waals surface area contributed by atoms with Gasteiger partial charge in [-0.25, -0.2) is 13.8 Å². The summed E-state index contributed by atoms with van der Waals surface area (Å²) in [5.74, 6) is 0.712. The van der Waals surface area contributed by atoms with Gasteiger partial charge in [-0.3, -0.25) is 19.7 Å². The van der Waals surface area contributed by atoms with E-state index in [2.05, 4.69) is 31.5 Å². The van der Waals surface area contributed by atoms with E-state index in [1.807, 2.05) is 74.7 Å². The highest BCUT2D eigenvalue weighted by molar-refractivity contribution is 6.23. The van der Waals surface area contributed by atoms with E-state index in [1.54, 1.807) is 31.4 Å². The fourth-order valence-electron chi connectivity index (χ4n) is 8.06. The van der Waals surface area contributed by atoms with Crippen LogP contribution >= 0.6 is 0 Å². The number of fused-ring (bicyclic) bond motifs is 1. The van der Waals surface area contributed by atoms with Crippen LogP contribution in [0.3, 0.4) is 0 Å². The number of unbranched alkanes of at least 4 members (excludes halogenated alkanes) is 2. The van der Waals surface area contributed by atoms with E-state index in [4.69, 9.17) is 9.72 Å². The van der Waals surface area contributed by atoms with Crippen LogP contribution in [-0.4, -0.2) is 66.1 Å². The summed E-state index contributed by atoms with van der Waals surface area (Å²) >= 11 is 0. The van der Waals surface area contributed by atoms with Gasteiger partial charge >= 0.3 is 7.69 Å². The van der Waals surface area contributed by atoms with Crippen molar-refractivity contribution in [3.63, 3.8) is 0 Å². The minimum atomic E-state index is -0.812. The van der Waals surface area contributed by atoms with Crippen molar-refractivity contribution in [1.29, 1.82) is 0 Å². The summed E-state index contributed by atoms with van der Waals surface area (Å²) in [4.78, 5) is 47.5. The molecule has 3 aromatic carbocycles. The number of nitrogens with one attached hydrogen (secondary N) is 6. The highest BCUT2D eigenvalue weighted by atomic mass is 19.1. The minimum Gasteiger partial charge on any atom is -0.497 e. The van der Waals surface area contributed by atoms with E-state index < -0.39 is 11.5 Å². The first kappa shape index (κ1) is 47.9. The lowest BCUT2D eigenvalue weighted by molar-refractivity contribution is -0.127. The molecule has 341 valence electrons. The summed E-state index contributed by atoms with van der Waals surface area (Å²) in [6.07, 6.45) is 5.57. The highest BCUT2D eigenvalue weighted by Crippen LogP contribution is 2.39. The van der Waals surface area contributed by atoms with Crippen molar-refractivity contribution >= 4 is 42.9 Å². The summed E-state index contributed by atoms with van der Waals surface area (Å²) in [6.45, 7) is 8.28. The number of Topliss-reactive ketones (excluding diaryl/α,β-unsaturated/α-hetero) is 1. The van der Waals surface area contributed by atoms with Crippen molar-refractivity contribution in [3.8, 4) is 28.3 Å². The van der Waals surface area contributed by atoms with E-state index >= 15 is 0 Å². The third-order valence-corrected chi connectivity index (χ3v) is 11.8. The van der Waals surface area contributed by atoms with Crippen LogP contribution in [-0.2, 0) is 26.5 Å². The number of ether oxygens (including phenoxy) is 1. The summed E-state index contributed by atoms with van der Waals surface area (Å²) < 4.78 is 48.2. The average molecular weight is 890 g/mol. The van der Waals surface area contributed by atoms with Crippen LogP contribution in [0.4, 0.5) is 24.6 Å². The molecule has 1 atom stereocenters. The van der Waals surface area contributed by atoms with Crippen molar-refractivity contribution in [1.82, 2.24) is 35.7 Å². The van der Waals surface area contributed by atoms with E-state index in [-0.39, 0.29) is 55.3 Å². The van der Waals surface area contributed by atoms with Gasteiger partial charge < -0.3 is 39.8 Å². The van der Waals surface area contributed by atoms with Gasteiger partial charge in [-0.15, -0.1) is 0 Å². The van der Waals surface area contributed by atoms with E-state index in [1.165, 1.54) is 24.3 Å². The summed E-state index contributed by atoms with van der Waals surface area (Å²) in [5.41, 5.74) is 6.21. The molecule has 1 unspecified atom stereocenters. The number of hydrogen-bond donors (Lipinski definition) is 6. The van der Waals surface area contributed by atoms with Gasteiger partial charge in [0.05, 0.1) is 26.4 Å². The number of nitrogens with zero attached hydrogens (tertiary/aromatic N) is 2. The Kier molecular flexibility index (Phi) is 16.5. The number of hydrogen-bond acceptors (Lipinski definition) is 8. The number of H-pyrrole nitrogens is 1. The number of aromatic nitrogens is 3. The van der Waals surface area contributed by atoms with E-state index in [0.29, 0.717) is 80.6 Å². The average Bonchev–Trinajstić information content (AvgIpc) is 3.93. The van der Waals surface area contributed by atoms with E-state index in [9.17, 15) is 27.5 Å². The molecule has 2 amide bonds. The van der Waals surface area contributed by atoms with Gasteiger partial charge in [0.25, 0.3) is 0 Å². The Morgan fingerprint density at radius 2 is 1.55 bits per heavy atom. The second kappa shape index (κ2) is 22.4. The van der Waals surface area contributed by atoms with Crippen LogP contribution in [0.2, 0.25) is 0 Å². The number of ketones is 1. The van der Waals surface area contributed by atoms with Gasteiger partial charge in [0.1, 0.15) is 34.7 Å². The maximum absolute atomic E-state index is 13.9. The molecule has 2 aromatic heterocycles. The lowest BCUT2D eigenvalue weighted by Crippen LogP contribution is -2.57. The molecule has 0 spiro atoms. The zero-order chi connectivity index (χ0) is 46.5. The van der Waals surface area contributed by atoms with Crippen molar-refractivity contribution in [2.45, 2.75) is 90.8 Å². The third-order valence-electron chi connectivity index (χ3n) is 11.8. The molecular formula is C49H57BF3N8O4. The van der Waals surface area contributed by atoms with Crippen LogP contribution in [0.25, 0.3) is 28.6 Å². The Balaban J connectivity index is 0.935. The molecule has 0 saturated carbocycles. The topological polar surface area (TPSA) is 154 Å². The first-order valence-electron chi connectivity index (χ1n) is 21.9. The molecule has 6 N–H and O–H groups in total. The number of anilines is 2. The fraction of sp³-hybridized carbons (Fsp3) is 0.347. The number of amides is 2. The molecule has 0 saturated heterocycles. The lowest BCUT2D eigenvalue weighted by Gasteiger charge is -2.38. The molecule has 5 aromatic rings. The lowest BCUT2D eigenvalue weighted by atomic mass is 9.80. The SMILES string of the molecule is CC/C(CCC(=O)NCCCCCC(=O)NCC(=O)C1NCn2c(nc(-c3ccc(F)cc3)c2Nc2ccc(F)cc2)C1(C)C)=C(C)\C(=C\c1ccc(-c2ccc(OC)cc2)[nH]1)N[B]F. The third kappa shape index (κ3) is 12.4. The first-order chi connectivity index (χ1) is 31.3. The van der Waals surface area contributed by atoms with Crippen molar-refractivity contribution in [2.24, 2.45) is 0 Å². The normalized spacial score (nSPS) is 14.8. The maximum Gasteiger partial charge on any atom is 0.488 e. The molecule has 16 heteroatoms. The Morgan fingerprint density at radius 1 is 0.877 bits per heavy atom. The minimum absolute atomic E-state index is 0.0854. The molecule has 1 aliphatic rings. The largest absolute Gasteiger partial charge is 0.497 e. The van der Waals surface area contributed by atoms with Crippen LogP contribution in [0.1, 0.15) is 84.2 Å². The smallest absolute Gasteiger partial charge is 0.488 e. The molecule has 1 radical (unpaired) electrons. The van der Waals surface area contributed by atoms with Crippen molar-refractivity contribution in [2.75, 3.05) is 25.5 Å². The number of allylic oxidation sites excluding steroid dienone is 2. The van der Waals surface area contributed by atoms with Gasteiger partial charge in [0.15, 0.2) is 5.78 Å². The number of carbonyl (C=O) groups is 3. The predicted octanol–water partition coefficient (Wildman–Crippen LogP) is 8.79. The quantitative estimate of drug-likeness (QED) is 0.0229. The summed E-state index contributed by atoms with van der Waals surface area (Å²) in [6, 6.07) is 22.8. The Morgan fingerprint density at radius 3 is 2.23 bits per heavy atom. The van der Waals surface area contributed by atoms with Gasteiger partial charge in [0.2, 0.25) is 11.8 Å². The zero-order valence-corrected chi connectivity index (χ0v) is 37.5. The summed E-state index contributed by atoms with van der Waals surface area (Å²) in [7, 11) is 2.02. The Bertz CT molecular complexity index is 2480. The Labute approximate surface area is 379 Å². The molecule has 6 rings (SSSR count). The van der Waals surface area contributed by atoms with Crippen molar-refractivity contribution < 1.29 is 32.2 Å². The molecule has 1 aliphatic heterocycles. The maximum atomic E-state index is 13.9. The number of rotatable bonds is 22. The zero-order valence-electron chi connectivity index (χ0n) is 37.5. The first-order valence-corrected chi connectivity index (χ1v) is 21.9. The van der Waals surface area contributed by atoms with Crippen molar-refractivity contribution in [3.05, 3.63) is 125 Å². The second-order valence-electron chi connectivity index (χ2n) is 16.6. The van der Waals surface area contributed by atoms with Crippen LogP contribution in [0, 0.1) is 11.6 Å². The van der Waals surface area contributed by atoms with Crippen LogP contribution in [0.5, 0.6) is 5.75 Å². The van der Waals surface area contributed by atoms with Crippen LogP contribution < -0.4 is 31.2 Å². The number of halogens is 3. The Hall–Kier alpha value is -6.55. The molecule has 12 nitrogen and oxygen atoms in total. The number of carbonyl (C=O) groups excluding carboxylic acids is 3. The fourth-order valence-corrected chi connectivity index (χ4v) is 8.06. The molecule has 65 heavy (non-hydrogen) atoms. The number of imidazole rings is 1. The number of methoxy groups -OCH3 is 1. The van der Waals surface area contributed by atoms with Gasteiger partial charge in [-0.1, -0.05) is 32.8 Å². The van der Waals surface area contributed by atoms with E-state index in [0.717, 1.165) is 33.8 Å². The molecular weight excluding hydrogens is 832 g/mol. The summed E-state index contributed by atoms with van der Waals surface area (Å²) in [5, 5.41) is 15.1. The predicted molar refractivity (Wildman–Crippen MR) is 250 cm³/mol. The van der Waals surface area contributed by atoms with Crippen LogP contribution in [0.15, 0.2) is 102 Å².